The lowest BCUT2D eigenvalue weighted by Crippen LogP contribution is -2.33. The third-order valence-electron chi connectivity index (χ3n) is 4.05. The van der Waals surface area contributed by atoms with E-state index in [0.717, 1.165) is 23.2 Å². The van der Waals surface area contributed by atoms with Gasteiger partial charge in [0.1, 0.15) is 5.69 Å². The summed E-state index contributed by atoms with van der Waals surface area (Å²) in [6, 6.07) is 2.42. The number of rotatable bonds is 4. The molecule has 2 fully saturated rings. The second-order valence-corrected chi connectivity index (χ2v) is 6.43. The third kappa shape index (κ3) is 2.87. The normalized spacial score (nSPS) is 26.6. The van der Waals surface area contributed by atoms with Crippen LogP contribution in [0.15, 0.2) is 16.7 Å². The van der Waals surface area contributed by atoms with Gasteiger partial charge < -0.3 is 14.6 Å². The Morgan fingerprint density at radius 3 is 2.95 bits per heavy atom. The van der Waals surface area contributed by atoms with E-state index >= 15 is 0 Å². The summed E-state index contributed by atoms with van der Waals surface area (Å²) in [6.07, 6.45) is 5.65. The number of carbonyl (C=O) groups excluding carboxylic acids is 1. The highest BCUT2D eigenvalue weighted by Gasteiger charge is 2.29. The molecule has 1 aromatic rings. The summed E-state index contributed by atoms with van der Waals surface area (Å²) in [5, 5.41) is 3.05. The largest absolute Gasteiger partial charge is 0.378 e. The first kappa shape index (κ1) is 13.2. The van der Waals surface area contributed by atoms with Gasteiger partial charge in [-0.15, -0.1) is 0 Å². The number of nitrogens with one attached hydrogen (secondary N) is 1. The van der Waals surface area contributed by atoms with Crippen LogP contribution >= 0.6 is 15.9 Å². The number of hydrogen-bond acceptors (Lipinski definition) is 2. The van der Waals surface area contributed by atoms with Gasteiger partial charge in [0, 0.05) is 35.8 Å². The molecule has 0 bridgehead atoms. The fourth-order valence-electron chi connectivity index (χ4n) is 2.64. The number of aromatic nitrogens is 1. The molecule has 1 aromatic heterocycles. The predicted octanol–water partition coefficient (Wildman–Crippen LogP) is 2.74. The number of ether oxygens (including phenoxy) is 1. The van der Waals surface area contributed by atoms with Gasteiger partial charge in [0.25, 0.3) is 5.91 Å². The Balaban J connectivity index is 1.63. The van der Waals surface area contributed by atoms with Crippen LogP contribution in [0.2, 0.25) is 0 Å². The molecule has 104 valence electrons. The molecule has 19 heavy (non-hydrogen) atoms. The van der Waals surface area contributed by atoms with Crippen LogP contribution in [0.5, 0.6) is 0 Å². The van der Waals surface area contributed by atoms with Crippen molar-refractivity contribution in [2.45, 2.75) is 38.3 Å². The molecule has 1 N–H and O–H groups in total. The number of nitrogens with zero attached hydrogens (tertiary/aromatic N) is 1. The minimum Gasteiger partial charge on any atom is -0.378 e. The summed E-state index contributed by atoms with van der Waals surface area (Å²) < 4.78 is 8.58. The number of halogens is 1. The molecule has 0 aromatic carbocycles. The maximum atomic E-state index is 12.3. The number of carbonyl (C=O) groups is 1. The van der Waals surface area contributed by atoms with Crippen molar-refractivity contribution >= 4 is 21.8 Å². The molecule has 2 atom stereocenters. The van der Waals surface area contributed by atoms with Gasteiger partial charge in [-0.1, -0.05) is 0 Å². The zero-order chi connectivity index (χ0) is 13.4. The molecular formula is C14H19BrN2O2. The van der Waals surface area contributed by atoms with Crippen LogP contribution < -0.4 is 5.32 Å². The first-order valence-corrected chi connectivity index (χ1v) is 7.71. The van der Waals surface area contributed by atoms with E-state index < -0.39 is 0 Å². The quantitative estimate of drug-likeness (QED) is 0.924. The van der Waals surface area contributed by atoms with E-state index in [9.17, 15) is 4.79 Å². The zero-order valence-corrected chi connectivity index (χ0v) is 12.6. The Bertz CT molecular complexity index is 482. The molecule has 2 aliphatic rings. The van der Waals surface area contributed by atoms with E-state index in [1.165, 1.54) is 12.8 Å². The fourth-order valence-corrected chi connectivity index (χ4v) is 3.08. The van der Waals surface area contributed by atoms with Crippen molar-refractivity contribution in [1.29, 1.82) is 0 Å². The van der Waals surface area contributed by atoms with E-state index in [0.29, 0.717) is 18.5 Å². The van der Waals surface area contributed by atoms with Gasteiger partial charge in [0.05, 0.1) is 6.10 Å². The van der Waals surface area contributed by atoms with Crippen molar-refractivity contribution < 1.29 is 9.53 Å². The molecule has 5 heteroatoms. The first-order valence-electron chi connectivity index (χ1n) is 6.92. The molecule has 1 saturated heterocycles. The van der Waals surface area contributed by atoms with Crippen LogP contribution in [0, 0.1) is 5.92 Å². The Labute approximate surface area is 121 Å². The van der Waals surface area contributed by atoms with E-state index in [2.05, 4.69) is 32.7 Å². The standard InChI is InChI=1S/C14H19BrN2O2/c1-9-10(4-5-19-9)7-16-14(18)13-6-11(15)8-17(13)12-2-3-12/h6,8-10,12H,2-5,7H2,1H3,(H,16,18). The lowest BCUT2D eigenvalue weighted by atomic mass is 10.0. The van der Waals surface area contributed by atoms with Crippen molar-refractivity contribution in [3.63, 3.8) is 0 Å². The summed E-state index contributed by atoms with van der Waals surface area (Å²) >= 11 is 3.45. The summed E-state index contributed by atoms with van der Waals surface area (Å²) in [6.45, 7) is 3.59. The molecule has 2 unspecified atom stereocenters. The topological polar surface area (TPSA) is 43.3 Å². The summed E-state index contributed by atoms with van der Waals surface area (Å²) in [5.41, 5.74) is 0.765. The van der Waals surface area contributed by atoms with E-state index in [4.69, 9.17) is 4.74 Å². The second kappa shape index (κ2) is 5.29. The Hall–Kier alpha value is -0.810. The highest BCUT2D eigenvalue weighted by Crippen LogP contribution is 2.37. The van der Waals surface area contributed by atoms with Crippen LogP contribution in [0.3, 0.4) is 0 Å². The minimum atomic E-state index is 0.0247. The first-order chi connectivity index (χ1) is 9.15. The van der Waals surface area contributed by atoms with Gasteiger partial charge in [-0.2, -0.15) is 0 Å². The van der Waals surface area contributed by atoms with Crippen LogP contribution in [0.4, 0.5) is 0 Å². The van der Waals surface area contributed by atoms with Crippen LogP contribution in [-0.4, -0.2) is 29.7 Å². The van der Waals surface area contributed by atoms with E-state index in [1.807, 2.05) is 12.3 Å². The molecule has 1 aliphatic heterocycles. The van der Waals surface area contributed by atoms with Crippen molar-refractivity contribution in [2.75, 3.05) is 13.2 Å². The molecular weight excluding hydrogens is 308 g/mol. The van der Waals surface area contributed by atoms with Crippen molar-refractivity contribution in [3.8, 4) is 0 Å². The molecule has 0 radical (unpaired) electrons. The molecule has 1 saturated carbocycles. The molecule has 1 amide bonds. The average Bonchev–Trinajstić information content (AvgIpc) is 3.04. The highest BCUT2D eigenvalue weighted by atomic mass is 79.9. The minimum absolute atomic E-state index is 0.0247. The van der Waals surface area contributed by atoms with Gasteiger partial charge >= 0.3 is 0 Å². The maximum Gasteiger partial charge on any atom is 0.267 e. The molecule has 4 nitrogen and oxygen atoms in total. The zero-order valence-electron chi connectivity index (χ0n) is 11.1. The summed E-state index contributed by atoms with van der Waals surface area (Å²) in [4.78, 5) is 12.3. The average molecular weight is 327 g/mol. The predicted molar refractivity (Wildman–Crippen MR) is 76.3 cm³/mol. The van der Waals surface area contributed by atoms with Gasteiger partial charge in [-0.25, -0.2) is 0 Å². The van der Waals surface area contributed by atoms with Crippen molar-refractivity contribution in [3.05, 3.63) is 22.4 Å². The molecule has 2 heterocycles. The maximum absolute atomic E-state index is 12.3. The van der Waals surface area contributed by atoms with Gasteiger partial charge in [-0.05, 0) is 48.2 Å². The summed E-state index contributed by atoms with van der Waals surface area (Å²) in [7, 11) is 0. The van der Waals surface area contributed by atoms with Crippen LogP contribution in [0.25, 0.3) is 0 Å². The third-order valence-corrected chi connectivity index (χ3v) is 4.48. The summed E-state index contributed by atoms with van der Waals surface area (Å²) in [5.74, 6) is 0.466. The van der Waals surface area contributed by atoms with Crippen molar-refractivity contribution in [2.24, 2.45) is 5.92 Å². The smallest absolute Gasteiger partial charge is 0.267 e. The lowest BCUT2D eigenvalue weighted by Gasteiger charge is -2.15. The Morgan fingerprint density at radius 1 is 1.53 bits per heavy atom. The number of amides is 1. The Morgan fingerprint density at radius 2 is 2.32 bits per heavy atom. The van der Waals surface area contributed by atoms with Crippen LogP contribution in [0.1, 0.15) is 42.7 Å². The van der Waals surface area contributed by atoms with Crippen molar-refractivity contribution in [1.82, 2.24) is 9.88 Å². The van der Waals surface area contributed by atoms with Gasteiger partial charge in [0.15, 0.2) is 0 Å². The lowest BCUT2D eigenvalue weighted by molar-refractivity contribution is 0.0899. The highest BCUT2D eigenvalue weighted by molar-refractivity contribution is 9.10. The SMILES string of the molecule is CC1OCCC1CNC(=O)c1cc(Br)cn1C1CC1. The molecule has 1 aliphatic carbocycles. The number of hydrogen-bond donors (Lipinski definition) is 1. The molecule has 0 spiro atoms. The van der Waals surface area contributed by atoms with Gasteiger partial charge in [-0.3, -0.25) is 4.79 Å². The second-order valence-electron chi connectivity index (χ2n) is 5.52. The van der Waals surface area contributed by atoms with E-state index in [1.54, 1.807) is 0 Å². The Kier molecular flexibility index (Phi) is 3.67. The monoisotopic (exact) mass is 326 g/mol. The fraction of sp³-hybridized carbons (Fsp3) is 0.643. The van der Waals surface area contributed by atoms with E-state index in [-0.39, 0.29) is 12.0 Å². The van der Waals surface area contributed by atoms with Gasteiger partial charge in [0.2, 0.25) is 0 Å². The van der Waals surface area contributed by atoms with Crippen LogP contribution in [-0.2, 0) is 4.74 Å². The molecule has 3 rings (SSSR count).